The van der Waals surface area contributed by atoms with Crippen molar-refractivity contribution >= 4 is 5.97 Å². The number of allylic oxidation sites excluding steroid dienone is 1. The van der Waals surface area contributed by atoms with E-state index < -0.39 is 48.8 Å². The van der Waals surface area contributed by atoms with Crippen molar-refractivity contribution in [3.05, 3.63) is 11.6 Å². The van der Waals surface area contributed by atoms with Crippen LogP contribution in [0.3, 0.4) is 0 Å². The van der Waals surface area contributed by atoms with Gasteiger partial charge in [0.1, 0.15) is 31.0 Å². The maximum Gasteiger partial charge on any atom is 0.302 e. The molecule has 1 saturated heterocycles. The Morgan fingerprint density at radius 1 is 1.08 bits per heavy atom. The third kappa shape index (κ3) is 5.13. The van der Waals surface area contributed by atoms with E-state index in [2.05, 4.69) is 26.8 Å². The lowest BCUT2D eigenvalue weighted by molar-refractivity contribution is -0.327. The Balaban J connectivity index is 1.50. The lowest BCUT2D eigenvalue weighted by atomic mass is 9.45. The first-order chi connectivity index (χ1) is 17.2. The summed E-state index contributed by atoms with van der Waals surface area (Å²) in [6.07, 6.45) is 0.254. The van der Waals surface area contributed by atoms with Gasteiger partial charge in [-0.1, -0.05) is 39.3 Å². The molecule has 3 fully saturated rings. The minimum atomic E-state index is -1.46. The van der Waals surface area contributed by atoms with Gasteiger partial charge in [0.15, 0.2) is 6.29 Å². The highest BCUT2D eigenvalue weighted by Crippen LogP contribution is 2.64. The van der Waals surface area contributed by atoms with Crippen molar-refractivity contribution in [3.63, 3.8) is 0 Å². The van der Waals surface area contributed by atoms with Crippen LogP contribution in [0.15, 0.2) is 11.6 Å². The van der Waals surface area contributed by atoms with Crippen molar-refractivity contribution in [2.24, 2.45) is 28.1 Å². The van der Waals surface area contributed by atoms with E-state index in [1.165, 1.54) is 12.5 Å². The normalized spacial score (nSPS) is 46.3. The quantitative estimate of drug-likeness (QED) is 0.198. The molecule has 9 nitrogen and oxygen atoms in total. The third-order valence-corrected chi connectivity index (χ3v) is 10.3. The minimum absolute atomic E-state index is 0.00414. The molecular formula is C28H46O9. The summed E-state index contributed by atoms with van der Waals surface area (Å²) in [7, 11) is 0. The van der Waals surface area contributed by atoms with Gasteiger partial charge in [-0.3, -0.25) is 4.79 Å². The molecule has 212 valence electrons. The van der Waals surface area contributed by atoms with E-state index in [1.54, 1.807) is 0 Å². The topological polar surface area (TPSA) is 146 Å². The molecule has 9 heteroatoms. The Hall–Kier alpha value is -1.07. The highest BCUT2D eigenvalue weighted by atomic mass is 16.7. The van der Waals surface area contributed by atoms with Gasteiger partial charge in [-0.2, -0.15) is 0 Å². The van der Waals surface area contributed by atoms with Gasteiger partial charge in [0, 0.05) is 12.3 Å². The van der Waals surface area contributed by atoms with Gasteiger partial charge in [-0.25, -0.2) is 0 Å². The van der Waals surface area contributed by atoms with E-state index in [0.717, 1.165) is 38.5 Å². The summed E-state index contributed by atoms with van der Waals surface area (Å²) < 4.78 is 17.1. The van der Waals surface area contributed by atoms with E-state index in [-0.39, 0.29) is 29.5 Å². The van der Waals surface area contributed by atoms with Crippen molar-refractivity contribution in [3.8, 4) is 0 Å². The number of hydrogen-bond donors (Lipinski definition) is 5. The molecule has 11 atom stereocenters. The van der Waals surface area contributed by atoms with Crippen molar-refractivity contribution in [1.82, 2.24) is 0 Å². The molecule has 0 aromatic heterocycles. The second-order valence-electron chi connectivity index (χ2n) is 12.9. The second kappa shape index (κ2) is 10.5. The number of rotatable bonds is 6. The Morgan fingerprint density at radius 3 is 2.43 bits per heavy atom. The molecule has 0 radical (unpaired) electrons. The predicted octanol–water partition coefficient (Wildman–Crippen LogP) is 1.67. The SMILES string of the molecule is CC(=O)OCC(O)[C@]1(C)C=C2CC[C@H]3C(C)(C)C(OC4OC(CO)C(O)C(O)C4O)CC[C@@]3(C)[C@@H]2CC1. The first-order valence-corrected chi connectivity index (χ1v) is 13.7. The van der Waals surface area contributed by atoms with Crippen LogP contribution >= 0.6 is 0 Å². The van der Waals surface area contributed by atoms with Gasteiger partial charge in [-0.15, -0.1) is 0 Å². The first-order valence-electron chi connectivity index (χ1n) is 13.7. The number of hydrogen-bond acceptors (Lipinski definition) is 9. The van der Waals surface area contributed by atoms with Crippen molar-refractivity contribution in [2.75, 3.05) is 13.2 Å². The predicted molar refractivity (Wildman–Crippen MR) is 134 cm³/mol. The number of fused-ring (bicyclic) bond motifs is 3. The third-order valence-electron chi connectivity index (χ3n) is 10.3. The average molecular weight is 527 g/mol. The lowest BCUT2D eigenvalue weighted by Gasteiger charge is -2.62. The Kier molecular flexibility index (Phi) is 8.20. The standard InChI is InChI=1S/C28H46O9/c1-15(30)35-14-20(31)27(4)10-8-17-16(12-27)6-7-19-26(2,3)21(9-11-28(17,19)5)37-25-24(34)23(33)22(32)18(13-29)36-25/h12,17-25,29,31-34H,6-11,13-14H2,1-5H3/t17-,18?,19+,20?,21?,22?,23?,24?,25?,27+,28+/m1/s1. The van der Waals surface area contributed by atoms with E-state index in [4.69, 9.17) is 14.2 Å². The zero-order valence-corrected chi connectivity index (χ0v) is 22.8. The van der Waals surface area contributed by atoms with Crippen molar-refractivity contribution < 1.29 is 44.5 Å². The fourth-order valence-corrected chi connectivity index (χ4v) is 7.96. The summed E-state index contributed by atoms with van der Waals surface area (Å²) in [6, 6.07) is 0. The highest BCUT2D eigenvalue weighted by molar-refractivity contribution is 5.65. The zero-order valence-electron chi connectivity index (χ0n) is 22.8. The van der Waals surface area contributed by atoms with Gasteiger partial charge in [-0.05, 0) is 61.2 Å². The molecule has 5 N–H and O–H groups in total. The Morgan fingerprint density at radius 2 is 1.78 bits per heavy atom. The average Bonchev–Trinajstić information content (AvgIpc) is 2.83. The molecule has 37 heavy (non-hydrogen) atoms. The summed E-state index contributed by atoms with van der Waals surface area (Å²) in [5, 5.41) is 51.2. The van der Waals surface area contributed by atoms with Crippen LogP contribution in [-0.2, 0) is 19.0 Å². The summed E-state index contributed by atoms with van der Waals surface area (Å²) >= 11 is 0. The number of esters is 1. The molecule has 4 rings (SSSR count). The molecule has 2 saturated carbocycles. The molecule has 0 amide bonds. The van der Waals surface area contributed by atoms with Gasteiger partial charge in [0.05, 0.1) is 18.8 Å². The number of carbonyl (C=O) groups is 1. The summed E-state index contributed by atoms with van der Waals surface area (Å²) in [5.74, 6) is 0.357. The van der Waals surface area contributed by atoms with Gasteiger partial charge >= 0.3 is 5.97 Å². The van der Waals surface area contributed by atoms with Crippen LogP contribution < -0.4 is 0 Å². The molecular weight excluding hydrogens is 480 g/mol. The molecule has 0 aromatic carbocycles. The fraction of sp³-hybridized carbons (Fsp3) is 0.893. The van der Waals surface area contributed by atoms with Crippen LogP contribution in [0.1, 0.15) is 73.1 Å². The molecule has 7 unspecified atom stereocenters. The van der Waals surface area contributed by atoms with Crippen LogP contribution in [0.25, 0.3) is 0 Å². The van der Waals surface area contributed by atoms with Crippen LogP contribution in [0, 0.1) is 28.1 Å². The van der Waals surface area contributed by atoms with Crippen LogP contribution in [0.5, 0.6) is 0 Å². The van der Waals surface area contributed by atoms with Gasteiger partial charge in [0.25, 0.3) is 0 Å². The second-order valence-corrected chi connectivity index (χ2v) is 12.9. The monoisotopic (exact) mass is 526 g/mol. The van der Waals surface area contributed by atoms with Crippen LogP contribution in [0.4, 0.5) is 0 Å². The maximum atomic E-state index is 11.2. The Labute approximate surface area is 219 Å². The van der Waals surface area contributed by atoms with E-state index in [0.29, 0.717) is 11.8 Å². The molecule has 4 aliphatic rings. The largest absolute Gasteiger partial charge is 0.463 e. The van der Waals surface area contributed by atoms with Crippen LogP contribution in [-0.4, -0.2) is 87.6 Å². The molecule has 0 aromatic rings. The van der Waals surface area contributed by atoms with Gasteiger partial charge < -0.3 is 39.7 Å². The molecule has 0 bridgehead atoms. The zero-order chi connectivity index (χ0) is 27.3. The van der Waals surface area contributed by atoms with Crippen molar-refractivity contribution in [1.29, 1.82) is 0 Å². The first kappa shape index (κ1) is 28.9. The fourth-order valence-electron chi connectivity index (χ4n) is 7.96. The van der Waals surface area contributed by atoms with Crippen LogP contribution in [0.2, 0.25) is 0 Å². The molecule has 1 heterocycles. The summed E-state index contributed by atoms with van der Waals surface area (Å²) in [4.78, 5) is 11.2. The lowest BCUT2D eigenvalue weighted by Crippen LogP contribution is -2.62. The molecule has 0 spiro atoms. The maximum absolute atomic E-state index is 11.2. The Bertz CT molecular complexity index is 872. The van der Waals surface area contributed by atoms with E-state index >= 15 is 0 Å². The molecule has 3 aliphatic carbocycles. The van der Waals surface area contributed by atoms with E-state index in [1.807, 2.05) is 6.92 Å². The highest BCUT2D eigenvalue weighted by Gasteiger charge is 2.59. The number of carbonyl (C=O) groups excluding carboxylic acids is 1. The summed E-state index contributed by atoms with van der Waals surface area (Å²) in [5.41, 5.74) is 0.764. The summed E-state index contributed by atoms with van der Waals surface area (Å²) in [6.45, 7) is 9.70. The van der Waals surface area contributed by atoms with E-state index in [9.17, 15) is 30.3 Å². The van der Waals surface area contributed by atoms with Crippen molar-refractivity contribution in [2.45, 2.75) is 116 Å². The molecule has 1 aliphatic heterocycles. The number of aliphatic hydroxyl groups excluding tert-OH is 5. The van der Waals surface area contributed by atoms with Gasteiger partial charge in [0.2, 0.25) is 0 Å². The number of ether oxygens (including phenoxy) is 3. The number of aliphatic hydroxyl groups is 5. The minimum Gasteiger partial charge on any atom is -0.463 e. The smallest absolute Gasteiger partial charge is 0.302 e.